The molecule has 5 N–H and O–H groups in total. The second kappa shape index (κ2) is 45.7. The molecule has 0 atom stereocenters. The molecular formula is C105H108N26O11. The van der Waals surface area contributed by atoms with Crippen molar-refractivity contribution in [2.45, 2.75) is 32.4 Å². The van der Waals surface area contributed by atoms with E-state index in [4.69, 9.17) is 63.8 Å². The van der Waals surface area contributed by atoms with Crippen LogP contribution in [0.4, 0.5) is 51.3 Å². The lowest BCUT2D eigenvalue weighted by atomic mass is 10.1. The lowest BCUT2D eigenvalue weighted by molar-refractivity contribution is -0.121. The number of hydrogen-bond acceptors (Lipinski definition) is 31. The van der Waals surface area contributed by atoms with Crippen LogP contribution in [0.3, 0.4) is 0 Å². The van der Waals surface area contributed by atoms with Crippen LogP contribution in [0.1, 0.15) is 41.0 Å². The number of anilines is 9. The Balaban J connectivity index is 0.000000136. The number of nitrogens with two attached hydrogens (primary N) is 1. The third-order valence-corrected chi connectivity index (χ3v) is 23.4. The van der Waals surface area contributed by atoms with Crippen molar-refractivity contribution in [1.82, 2.24) is 99.2 Å². The molecule has 18 aromatic rings. The molecule has 1 saturated heterocycles. The van der Waals surface area contributed by atoms with Gasteiger partial charge in [0.1, 0.15) is 58.4 Å². The second-order valence-corrected chi connectivity index (χ2v) is 33.1. The maximum absolute atomic E-state index is 13.1. The molecule has 0 bridgehead atoms. The van der Waals surface area contributed by atoms with Crippen molar-refractivity contribution in [2.75, 3.05) is 128 Å². The number of aromatic nitrogens is 18. The number of piperidine rings is 1. The van der Waals surface area contributed by atoms with Gasteiger partial charge in [0, 0.05) is 259 Å². The molecular weight excluding hydrogens is 1800 g/mol. The molecule has 2 amide bonds. The van der Waals surface area contributed by atoms with E-state index in [1.165, 1.54) is 0 Å². The Labute approximate surface area is 819 Å². The summed E-state index contributed by atoms with van der Waals surface area (Å²) in [6.07, 6.45) is 25.1. The maximum Gasteiger partial charge on any atom is 0.251 e. The molecule has 10 aromatic heterocycles. The third kappa shape index (κ3) is 24.2. The van der Waals surface area contributed by atoms with E-state index in [2.05, 4.69) is 82.8 Å². The number of ketones is 1. The van der Waals surface area contributed by atoms with Gasteiger partial charge < -0.3 is 79.1 Å². The number of pyridine rings is 2. The Morgan fingerprint density at radius 3 is 1.14 bits per heavy atom. The van der Waals surface area contributed by atoms with Crippen molar-refractivity contribution < 1.29 is 52.6 Å². The lowest BCUT2D eigenvalue weighted by Gasteiger charge is -2.31. The first kappa shape index (κ1) is 97.6. The Kier molecular flexibility index (Phi) is 31.4. The van der Waals surface area contributed by atoms with Gasteiger partial charge in [-0.15, -0.1) is 0 Å². The minimum absolute atomic E-state index is 0.00806. The number of likely N-dealkylation sites (tertiary alicyclic amines) is 1. The van der Waals surface area contributed by atoms with Crippen LogP contribution in [0.5, 0.6) is 40.2 Å². The smallest absolute Gasteiger partial charge is 0.251 e. The summed E-state index contributed by atoms with van der Waals surface area (Å²) in [5, 5.41) is 31.9. The van der Waals surface area contributed by atoms with Crippen molar-refractivity contribution in [2.24, 2.45) is 33.9 Å². The molecule has 0 spiro atoms. The first-order valence-electron chi connectivity index (χ1n) is 45.6. The van der Waals surface area contributed by atoms with Gasteiger partial charge in [-0.3, -0.25) is 58.0 Å². The number of fused-ring (bicyclic) bond motifs is 4. The fourth-order valence-corrected chi connectivity index (χ4v) is 16.0. The zero-order chi connectivity index (χ0) is 99.3. The zero-order valence-corrected chi connectivity index (χ0v) is 80.7. The van der Waals surface area contributed by atoms with E-state index < -0.39 is 0 Å². The van der Waals surface area contributed by atoms with Crippen LogP contribution < -0.4 is 69.1 Å². The van der Waals surface area contributed by atoms with Crippen molar-refractivity contribution in [3.63, 3.8) is 0 Å². The van der Waals surface area contributed by atoms with E-state index in [1.807, 2.05) is 202 Å². The maximum atomic E-state index is 13.1. The van der Waals surface area contributed by atoms with E-state index in [-0.39, 0.29) is 25.0 Å². The van der Waals surface area contributed by atoms with Crippen molar-refractivity contribution in [3.8, 4) is 85.3 Å². The van der Waals surface area contributed by atoms with Crippen LogP contribution in [0, 0.1) is 0 Å². The topological polar surface area (TPSA) is 403 Å². The van der Waals surface area contributed by atoms with Gasteiger partial charge in [-0.05, 0) is 116 Å². The summed E-state index contributed by atoms with van der Waals surface area (Å²) < 4.78 is 45.5. The SMILES string of the molecule is CNC(=O)c1cc(OC)cc(N(CCCO)c2ccc3ncc(-c4cnn(C)c4)nc3c2)c1.COc1cc(OC)cc(N(CC(=O)Nc2ccccn2)c2ccc3ncc(-c4cnn(C)c4)nc3c2)c1.COc1cc(OC)cc(N(CCN2CCC(=O)CC2)c2ccc3ncc(-c4cnn(C)c4)nc3c2)c1.COc1cc(OC)cc(N(Cc2cccc(CN)n2)c2ccc3ncc(-c4cnn(C)c4)nc3c2)c1. The summed E-state index contributed by atoms with van der Waals surface area (Å²) >= 11 is 0. The van der Waals surface area contributed by atoms with Crippen LogP contribution in [-0.2, 0) is 50.9 Å². The molecule has 0 aliphatic carbocycles. The molecule has 0 radical (unpaired) electrons. The van der Waals surface area contributed by atoms with Crippen molar-refractivity contribution >= 4 is 113 Å². The number of aliphatic hydroxyl groups excluding tert-OH is 1. The number of carbonyl (C=O) groups is 3. The summed E-state index contributed by atoms with van der Waals surface area (Å²) in [5.41, 5.74) is 27.6. The number of methoxy groups -OCH3 is 7. The predicted molar refractivity (Wildman–Crippen MR) is 546 cm³/mol. The Bertz CT molecular complexity index is 7410. The molecule has 1 aliphatic rings. The highest BCUT2D eigenvalue weighted by Gasteiger charge is 2.25. The Hall–Kier alpha value is -17.5. The van der Waals surface area contributed by atoms with E-state index in [0.717, 1.165) is 167 Å². The molecule has 19 rings (SSSR count). The monoisotopic (exact) mass is 1910 g/mol. The van der Waals surface area contributed by atoms with E-state index >= 15 is 0 Å². The number of carbonyl (C=O) groups excluding carboxylic acids is 3. The second-order valence-electron chi connectivity index (χ2n) is 33.1. The third-order valence-electron chi connectivity index (χ3n) is 23.4. The van der Waals surface area contributed by atoms with Crippen molar-refractivity contribution in [1.29, 1.82) is 0 Å². The predicted octanol–water partition coefficient (Wildman–Crippen LogP) is 15.2. The number of aryl methyl sites for hydroxylation is 4. The average Bonchev–Trinajstić information content (AvgIpc) is 1.10. The van der Waals surface area contributed by atoms with Gasteiger partial charge in [-0.2, -0.15) is 20.4 Å². The van der Waals surface area contributed by atoms with Gasteiger partial charge in [0.05, 0.1) is 184 Å². The lowest BCUT2D eigenvalue weighted by Crippen LogP contribution is -2.38. The highest BCUT2D eigenvalue weighted by Crippen LogP contribution is 2.41. The molecule has 11 heterocycles. The summed E-state index contributed by atoms with van der Waals surface area (Å²) in [7, 11) is 20.4. The number of amides is 2. The van der Waals surface area contributed by atoms with E-state index in [9.17, 15) is 19.5 Å². The fraction of sp³-hybridized carbons (Fsp3) is 0.229. The number of hydrogen-bond donors (Lipinski definition) is 4. The highest BCUT2D eigenvalue weighted by molar-refractivity contribution is 5.97. The average molecular weight is 1910 g/mol. The number of ether oxygens (including phenoxy) is 7. The quantitative estimate of drug-likeness (QED) is 0.0304. The van der Waals surface area contributed by atoms with Gasteiger partial charge >= 0.3 is 0 Å². The van der Waals surface area contributed by atoms with Crippen molar-refractivity contribution in [3.05, 3.63) is 280 Å². The highest BCUT2D eigenvalue weighted by atomic mass is 16.5. The zero-order valence-electron chi connectivity index (χ0n) is 80.7. The number of rotatable bonds is 32. The number of nitrogens with one attached hydrogen (secondary N) is 2. The number of benzene rings is 8. The standard InChI is InChI=1S/C27H25N7O3.C27H27N7O2.C27H30N6O3.C24H26N6O3/c1-33-16-18(14-30-33)25-15-29-23-8-7-19(12-24(23)31-25)34(17-27(35)32-26-6-4-5-9-28-26)20-10-21(36-2)13-22(11-20)37-3;1-33-16-18(14-30-33)27-15-29-25-8-7-21(11-26(25)32-27)34(17-20-6-4-5-19(13-28)31-20)22-9-23(35-2)12-24(10-22)36-3;1-31-18-19(16-29-31)27-17-28-25-5-4-20(14-26(25)30-27)33(11-10-32-8-6-22(34)7-9-32)21-12-23(35-2)15-24(13-21)36-3;1-25-24(32)16-9-19(11-20(10-16)33-3)30(7-4-8-31)18-5-6-21-22(12-18)28-23(14-26-21)17-13-27-29(2)15-17/h4-16H,17H2,1-3H3,(H,28,32,35);4-12,14-16H,13,17,28H2,1-3H3;4-5,12-18H,6-11H2,1-3H3;5-6,9-15,31H,4,7-8H2,1-3H3,(H,25,32). The van der Waals surface area contributed by atoms with Gasteiger partial charge in [0.2, 0.25) is 5.91 Å². The van der Waals surface area contributed by atoms with E-state index in [0.29, 0.717) is 102 Å². The molecule has 8 aromatic carbocycles. The van der Waals surface area contributed by atoms with Gasteiger partial charge in [0.25, 0.3) is 5.91 Å². The Morgan fingerprint density at radius 2 is 0.768 bits per heavy atom. The molecule has 37 nitrogen and oxygen atoms in total. The van der Waals surface area contributed by atoms with Crippen LogP contribution in [0.15, 0.2) is 263 Å². The molecule has 1 aliphatic heterocycles. The molecule has 37 heteroatoms. The number of Topliss-reactive ketones (excluding diaryl/α,β-unsaturated/α-hetero) is 1. The van der Waals surface area contributed by atoms with Crippen LogP contribution in [0.25, 0.3) is 89.2 Å². The van der Waals surface area contributed by atoms with Crippen LogP contribution in [-0.4, -0.2) is 219 Å². The summed E-state index contributed by atoms with van der Waals surface area (Å²) in [6, 6.07) is 57.4. The first-order valence-corrected chi connectivity index (χ1v) is 45.6. The number of nitrogens with zero attached hydrogens (tertiary/aromatic N) is 23. The largest absolute Gasteiger partial charge is 0.497 e. The minimum Gasteiger partial charge on any atom is -0.497 e. The molecule has 0 unspecified atom stereocenters. The summed E-state index contributed by atoms with van der Waals surface area (Å²) in [4.78, 5) is 94.3. The summed E-state index contributed by atoms with van der Waals surface area (Å²) in [5.74, 6) is 4.97. The molecule has 1 fully saturated rings. The molecule has 724 valence electrons. The van der Waals surface area contributed by atoms with Gasteiger partial charge in [0.15, 0.2) is 0 Å². The van der Waals surface area contributed by atoms with Crippen LogP contribution in [0.2, 0.25) is 0 Å². The van der Waals surface area contributed by atoms with Gasteiger partial charge in [-0.1, -0.05) is 12.1 Å². The fourth-order valence-electron chi connectivity index (χ4n) is 16.0. The summed E-state index contributed by atoms with van der Waals surface area (Å²) in [6.45, 7) is 4.62. The van der Waals surface area contributed by atoms with E-state index in [1.54, 1.807) is 162 Å². The normalized spacial score (nSPS) is 11.7. The molecule has 142 heavy (non-hydrogen) atoms. The molecule has 0 saturated carbocycles. The van der Waals surface area contributed by atoms with Crippen LogP contribution >= 0.6 is 0 Å². The first-order chi connectivity index (χ1) is 69.1. The van der Waals surface area contributed by atoms with Gasteiger partial charge in [-0.25, -0.2) is 24.9 Å². The minimum atomic E-state index is -0.240. The Morgan fingerprint density at radius 1 is 0.394 bits per heavy atom. The number of aliphatic hydroxyl groups is 1.